The molecule has 32 heavy (non-hydrogen) atoms. The molecule has 1 aliphatic rings. The highest BCUT2D eigenvalue weighted by molar-refractivity contribution is 5.92. The molecule has 0 N–H and O–H groups in total. The largest absolute Gasteiger partial charge is 0.469 e. The maximum atomic E-state index is 12.9. The summed E-state index contributed by atoms with van der Waals surface area (Å²) in [4.78, 5) is 41.4. The zero-order valence-corrected chi connectivity index (χ0v) is 20.1. The molecule has 1 aromatic carbocycles. The van der Waals surface area contributed by atoms with Crippen molar-refractivity contribution in [1.29, 1.82) is 0 Å². The molecule has 0 spiro atoms. The monoisotopic (exact) mass is 448 g/mol. The van der Waals surface area contributed by atoms with Crippen LogP contribution in [0.3, 0.4) is 0 Å². The van der Waals surface area contributed by atoms with Crippen LogP contribution in [-0.4, -0.2) is 75.9 Å². The zero-order chi connectivity index (χ0) is 23.9. The maximum Gasteiger partial charge on any atom is 0.338 e. The molecule has 0 unspecified atom stereocenters. The molecule has 0 aliphatic carbocycles. The Labute approximate surface area is 190 Å². The Morgan fingerprint density at radius 3 is 2.03 bits per heavy atom. The first-order valence-electron chi connectivity index (χ1n) is 11.0. The highest BCUT2D eigenvalue weighted by Gasteiger charge is 2.26. The standard InChI is InChI=1S/C24H36N2O6/c1-24(2,3)32-23(29)20-8-7-19(26-11-9-25(4)10-12-26)16-18(20)13-17(14-21(27)30-5)15-22(28)31-6/h7-8,16-17H,9-15H2,1-6H3. The van der Waals surface area contributed by atoms with E-state index in [2.05, 4.69) is 16.8 Å². The van der Waals surface area contributed by atoms with E-state index in [4.69, 9.17) is 14.2 Å². The van der Waals surface area contributed by atoms with Crippen molar-refractivity contribution < 1.29 is 28.6 Å². The van der Waals surface area contributed by atoms with Crippen LogP contribution in [-0.2, 0) is 30.2 Å². The molecule has 1 aromatic rings. The smallest absolute Gasteiger partial charge is 0.338 e. The SMILES string of the molecule is COC(=O)CC(CC(=O)OC)Cc1cc(N2CCN(C)CC2)ccc1C(=O)OC(C)(C)C. The van der Waals surface area contributed by atoms with E-state index >= 15 is 0 Å². The average Bonchev–Trinajstić information content (AvgIpc) is 2.72. The van der Waals surface area contributed by atoms with Gasteiger partial charge in [-0.25, -0.2) is 4.79 Å². The number of ether oxygens (including phenoxy) is 3. The summed E-state index contributed by atoms with van der Waals surface area (Å²) in [5.41, 5.74) is 1.56. The number of piperazine rings is 1. The summed E-state index contributed by atoms with van der Waals surface area (Å²) in [6.07, 6.45) is 0.455. The number of nitrogens with zero attached hydrogens (tertiary/aromatic N) is 2. The molecule has 0 saturated carbocycles. The van der Waals surface area contributed by atoms with Gasteiger partial charge in [0.1, 0.15) is 5.60 Å². The molecule has 8 nitrogen and oxygen atoms in total. The molecule has 0 bridgehead atoms. The number of anilines is 1. The molecule has 0 aromatic heterocycles. The summed E-state index contributed by atoms with van der Waals surface area (Å²) >= 11 is 0. The Hall–Kier alpha value is -2.61. The van der Waals surface area contributed by atoms with Gasteiger partial charge in [0.25, 0.3) is 0 Å². The van der Waals surface area contributed by atoms with Crippen LogP contribution in [0.5, 0.6) is 0 Å². The van der Waals surface area contributed by atoms with Crippen LogP contribution >= 0.6 is 0 Å². The Kier molecular flexibility index (Phi) is 9.07. The third-order valence-corrected chi connectivity index (χ3v) is 5.45. The molecule has 8 heteroatoms. The molecule has 1 fully saturated rings. The number of methoxy groups -OCH3 is 2. The first-order chi connectivity index (χ1) is 15.0. The van der Waals surface area contributed by atoms with E-state index in [1.807, 2.05) is 32.9 Å². The molecule has 0 amide bonds. The van der Waals surface area contributed by atoms with Gasteiger partial charge in [-0.3, -0.25) is 9.59 Å². The lowest BCUT2D eigenvalue weighted by molar-refractivity contribution is -0.144. The number of likely N-dealkylation sites (N-methyl/N-ethyl adjacent to an activating group) is 1. The summed E-state index contributed by atoms with van der Waals surface area (Å²) in [6.45, 7) is 9.14. The normalized spacial score (nSPS) is 14.9. The van der Waals surface area contributed by atoms with Gasteiger partial charge in [0.2, 0.25) is 0 Å². The molecule has 1 heterocycles. The number of hydrogen-bond donors (Lipinski definition) is 0. The Morgan fingerprint density at radius 2 is 1.53 bits per heavy atom. The first-order valence-corrected chi connectivity index (χ1v) is 11.0. The predicted octanol–water partition coefficient (Wildman–Crippen LogP) is 2.68. The second kappa shape index (κ2) is 11.3. The second-order valence-electron chi connectivity index (χ2n) is 9.26. The van der Waals surface area contributed by atoms with E-state index in [1.165, 1.54) is 14.2 Å². The van der Waals surface area contributed by atoms with Gasteiger partial charge in [0.15, 0.2) is 0 Å². The zero-order valence-electron chi connectivity index (χ0n) is 20.1. The minimum Gasteiger partial charge on any atom is -0.469 e. The van der Waals surface area contributed by atoms with E-state index < -0.39 is 23.5 Å². The fraction of sp³-hybridized carbons (Fsp3) is 0.625. The van der Waals surface area contributed by atoms with Gasteiger partial charge in [0.05, 0.1) is 19.8 Å². The highest BCUT2D eigenvalue weighted by atomic mass is 16.6. The van der Waals surface area contributed by atoms with Gasteiger partial charge in [-0.1, -0.05) is 0 Å². The fourth-order valence-corrected chi connectivity index (χ4v) is 3.71. The van der Waals surface area contributed by atoms with Gasteiger partial charge in [0, 0.05) is 44.7 Å². The molecule has 2 rings (SSSR count). The van der Waals surface area contributed by atoms with Crippen molar-refractivity contribution in [2.24, 2.45) is 5.92 Å². The van der Waals surface area contributed by atoms with Gasteiger partial charge in [-0.2, -0.15) is 0 Å². The Morgan fingerprint density at radius 1 is 0.969 bits per heavy atom. The van der Waals surface area contributed by atoms with E-state index in [0.29, 0.717) is 12.0 Å². The molecular weight excluding hydrogens is 412 g/mol. The van der Waals surface area contributed by atoms with E-state index in [9.17, 15) is 14.4 Å². The van der Waals surface area contributed by atoms with Gasteiger partial charge in [-0.05, 0) is 63.9 Å². The Balaban J connectivity index is 2.38. The van der Waals surface area contributed by atoms with Crippen LogP contribution in [0.25, 0.3) is 0 Å². The fourth-order valence-electron chi connectivity index (χ4n) is 3.71. The number of esters is 3. The summed E-state index contributed by atoms with van der Waals surface area (Å²) < 4.78 is 15.2. The van der Waals surface area contributed by atoms with Crippen molar-refractivity contribution in [3.8, 4) is 0 Å². The summed E-state index contributed by atoms with van der Waals surface area (Å²) in [7, 11) is 4.73. The van der Waals surface area contributed by atoms with Crippen LogP contribution in [0.1, 0.15) is 49.5 Å². The van der Waals surface area contributed by atoms with Gasteiger partial charge < -0.3 is 24.0 Å². The van der Waals surface area contributed by atoms with Crippen molar-refractivity contribution in [1.82, 2.24) is 4.90 Å². The predicted molar refractivity (Wildman–Crippen MR) is 122 cm³/mol. The molecule has 1 saturated heterocycles. The summed E-state index contributed by atoms with van der Waals surface area (Å²) in [5.74, 6) is -1.60. The molecule has 0 radical (unpaired) electrons. The van der Waals surface area contributed by atoms with E-state index in [0.717, 1.165) is 37.4 Å². The number of hydrogen-bond acceptors (Lipinski definition) is 8. The summed E-state index contributed by atoms with van der Waals surface area (Å²) in [6, 6.07) is 5.69. The van der Waals surface area contributed by atoms with Crippen LogP contribution in [0.2, 0.25) is 0 Å². The highest BCUT2D eigenvalue weighted by Crippen LogP contribution is 2.27. The maximum absolute atomic E-state index is 12.9. The van der Waals surface area contributed by atoms with E-state index in [-0.39, 0.29) is 18.8 Å². The molecule has 1 aliphatic heterocycles. The van der Waals surface area contributed by atoms with Crippen LogP contribution in [0.4, 0.5) is 5.69 Å². The van der Waals surface area contributed by atoms with Crippen LogP contribution in [0, 0.1) is 5.92 Å². The number of carbonyl (C=O) groups excluding carboxylic acids is 3. The second-order valence-corrected chi connectivity index (χ2v) is 9.26. The molecule has 0 atom stereocenters. The van der Waals surface area contributed by atoms with Crippen LogP contribution in [0.15, 0.2) is 18.2 Å². The summed E-state index contributed by atoms with van der Waals surface area (Å²) in [5, 5.41) is 0. The minimum atomic E-state index is -0.637. The van der Waals surface area contributed by atoms with Crippen molar-refractivity contribution >= 4 is 23.6 Å². The number of rotatable bonds is 8. The van der Waals surface area contributed by atoms with E-state index in [1.54, 1.807) is 6.07 Å². The lowest BCUT2D eigenvalue weighted by atomic mass is 9.90. The van der Waals surface area contributed by atoms with Crippen molar-refractivity contribution in [3.63, 3.8) is 0 Å². The number of benzene rings is 1. The first kappa shape index (κ1) is 25.6. The lowest BCUT2D eigenvalue weighted by Crippen LogP contribution is -2.44. The van der Waals surface area contributed by atoms with Crippen LogP contribution < -0.4 is 4.90 Å². The molecular formula is C24H36N2O6. The molecule has 178 valence electrons. The number of carbonyl (C=O) groups is 3. The van der Waals surface area contributed by atoms with Crippen molar-refractivity contribution in [3.05, 3.63) is 29.3 Å². The average molecular weight is 449 g/mol. The van der Waals surface area contributed by atoms with Gasteiger partial charge in [-0.15, -0.1) is 0 Å². The quantitative estimate of drug-likeness (QED) is 0.443. The van der Waals surface area contributed by atoms with Crippen molar-refractivity contribution in [2.45, 2.75) is 45.6 Å². The third kappa shape index (κ3) is 7.82. The Bertz CT molecular complexity index is 791. The third-order valence-electron chi connectivity index (χ3n) is 5.45. The van der Waals surface area contributed by atoms with Gasteiger partial charge >= 0.3 is 17.9 Å². The lowest BCUT2D eigenvalue weighted by Gasteiger charge is -2.34. The topological polar surface area (TPSA) is 85.4 Å². The van der Waals surface area contributed by atoms with Crippen molar-refractivity contribution in [2.75, 3.05) is 52.3 Å². The minimum absolute atomic E-state index is 0.0537.